The molecule has 1 aliphatic carbocycles. The summed E-state index contributed by atoms with van der Waals surface area (Å²) in [6.45, 7) is 0.632. The van der Waals surface area contributed by atoms with Crippen molar-refractivity contribution in [3.05, 3.63) is 26.6 Å². The molecule has 0 aromatic heterocycles. The van der Waals surface area contributed by atoms with Crippen molar-refractivity contribution in [3.8, 4) is 5.75 Å². The number of benzene rings is 1. The van der Waals surface area contributed by atoms with Gasteiger partial charge in [-0.2, -0.15) is 0 Å². The van der Waals surface area contributed by atoms with Crippen LogP contribution in [0, 0.1) is 0 Å². The lowest BCUT2D eigenvalue weighted by molar-refractivity contribution is -0.0510. The summed E-state index contributed by atoms with van der Waals surface area (Å²) >= 11 is 10.7. The van der Waals surface area contributed by atoms with Crippen molar-refractivity contribution in [2.45, 2.75) is 55.6 Å². The average molecular weight is 483 g/mol. The second kappa shape index (κ2) is 6.90. The first-order valence-electron chi connectivity index (χ1n) is 7.46. The van der Waals surface area contributed by atoms with E-state index in [1.165, 1.54) is 37.7 Å². The fraction of sp³-hybridized carbons (Fsp3) is 0.625. The fourth-order valence-corrected chi connectivity index (χ4v) is 5.24. The van der Waals surface area contributed by atoms with E-state index in [1.807, 2.05) is 0 Å². The predicted molar refractivity (Wildman–Crippen MR) is 95.3 cm³/mol. The summed E-state index contributed by atoms with van der Waals surface area (Å²) in [5, 5.41) is 0.832. The highest BCUT2D eigenvalue weighted by Gasteiger charge is 2.42. The zero-order valence-corrected chi connectivity index (χ0v) is 16.6. The van der Waals surface area contributed by atoms with E-state index in [0.717, 1.165) is 26.4 Å². The van der Waals surface area contributed by atoms with Gasteiger partial charge in [-0.3, -0.25) is 0 Å². The number of ether oxygens (including phenoxy) is 2. The lowest BCUT2D eigenvalue weighted by Gasteiger charge is -2.24. The van der Waals surface area contributed by atoms with E-state index in [9.17, 15) is 0 Å². The van der Waals surface area contributed by atoms with Crippen molar-refractivity contribution in [3.63, 3.8) is 0 Å². The first-order valence-corrected chi connectivity index (χ1v) is 10.2. The minimum Gasteiger partial charge on any atom is -0.489 e. The molecular weight excluding hydrogens is 464 g/mol. The van der Waals surface area contributed by atoms with E-state index < -0.39 is 0 Å². The van der Waals surface area contributed by atoms with Crippen LogP contribution in [0.5, 0.6) is 5.75 Å². The van der Waals surface area contributed by atoms with Crippen LogP contribution < -0.4 is 4.74 Å². The summed E-state index contributed by atoms with van der Waals surface area (Å²) in [5.74, 6) is 0.871. The standard InChI is InChI=1S/C16H19Br3O2/c17-9-11-7-13(18)15(14(19)8-11)20-10-12-3-6-16(21-12)4-1-2-5-16/h7-8,12H,1-6,9-10H2. The molecule has 1 saturated heterocycles. The zero-order chi connectivity index (χ0) is 14.9. The van der Waals surface area contributed by atoms with Crippen LogP contribution in [-0.2, 0) is 10.1 Å². The molecule has 1 aromatic carbocycles. The van der Waals surface area contributed by atoms with Gasteiger partial charge in [-0.15, -0.1) is 0 Å². The van der Waals surface area contributed by atoms with E-state index in [2.05, 4.69) is 59.9 Å². The SMILES string of the molecule is BrCc1cc(Br)c(OCC2CCC3(CCCC3)O2)c(Br)c1. The molecule has 0 radical (unpaired) electrons. The molecule has 0 amide bonds. The molecule has 1 unspecified atom stereocenters. The Kier molecular flexibility index (Phi) is 5.35. The van der Waals surface area contributed by atoms with E-state index in [0.29, 0.717) is 6.61 Å². The fourth-order valence-electron chi connectivity index (χ4n) is 3.40. The lowest BCUT2D eigenvalue weighted by atomic mass is 9.98. The van der Waals surface area contributed by atoms with E-state index in [4.69, 9.17) is 9.47 Å². The summed E-state index contributed by atoms with van der Waals surface area (Å²) in [5.41, 5.74) is 1.39. The summed E-state index contributed by atoms with van der Waals surface area (Å²) < 4.78 is 14.3. The number of hydrogen-bond donors (Lipinski definition) is 0. The van der Waals surface area contributed by atoms with Gasteiger partial charge in [0.25, 0.3) is 0 Å². The monoisotopic (exact) mass is 480 g/mol. The van der Waals surface area contributed by atoms with E-state index >= 15 is 0 Å². The van der Waals surface area contributed by atoms with Crippen molar-refractivity contribution in [2.24, 2.45) is 0 Å². The summed E-state index contributed by atoms with van der Waals surface area (Å²) in [7, 11) is 0. The van der Waals surface area contributed by atoms with Crippen LogP contribution in [0.2, 0.25) is 0 Å². The van der Waals surface area contributed by atoms with Crippen LogP contribution in [0.25, 0.3) is 0 Å². The van der Waals surface area contributed by atoms with Gasteiger partial charge in [0.1, 0.15) is 12.4 Å². The van der Waals surface area contributed by atoms with Gasteiger partial charge in [0.05, 0.1) is 20.7 Å². The molecule has 2 aliphatic rings. The van der Waals surface area contributed by atoms with Crippen LogP contribution in [0.15, 0.2) is 21.1 Å². The van der Waals surface area contributed by atoms with Crippen molar-refractivity contribution in [2.75, 3.05) is 6.61 Å². The van der Waals surface area contributed by atoms with Gasteiger partial charge in [-0.25, -0.2) is 0 Å². The van der Waals surface area contributed by atoms with Gasteiger partial charge in [0.2, 0.25) is 0 Å². The number of alkyl halides is 1. The van der Waals surface area contributed by atoms with Crippen LogP contribution in [0.3, 0.4) is 0 Å². The lowest BCUT2D eigenvalue weighted by Crippen LogP contribution is -2.27. The molecule has 3 rings (SSSR count). The molecule has 1 atom stereocenters. The summed E-state index contributed by atoms with van der Waals surface area (Å²) in [4.78, 5) is 0. The molecule has 21 heavy (non-hydrogen) atoms. The first-order chi connectivity index (χ1) is 10.1. The Balaban J connectivity index is 1.61. The highest BCUT2D eigenvalue weighted by atomic mass is 79.9. The quantitative estimate of drug-likeness (QED) is 0.492. The molecule has 116 valence electrons. The second-order valence-corrected chi connectivity index (χ2v) is 8.27. The average Bonchev–Trinajstić information content (AvgIpc) is 3.08. The molecule has 1 aromatic rings. The Morgan fingerprint density at radius 3 is 2.43 bits per heavy atom. The summed E-state index contributed by atoms with van der Waals surface area (Å²) in [6, 6.07) is 4.17. The van der Waals surface area contributed by atoms with E-state index in [1.54, 1.807) is 0 Å². The van der Waals surface area contributed by atoms with Gasteiger partial charge in [0, 0.05) is 5.33 Å². The molecule has 2 fully saturated rings. The number of hydrogen-bond acceptors (Lipinski definition) is 2. The first kappa shape index (κ1) is 16.3. The van der Waals surface area contributed by atoms with Crippen LogP contribution in [-0.4, -0.2) is 18.3 Å². The van der Waals surface area contributed by atoms with Gasteiger partial charge in [0.15, 0.2) is 0 Å². The zero-order valence-electron chi connectivity index (χ0n) is 11.8. The van der Waals surface area contributed by atoms with Crippen molar-refractivity contribution in [1.82, 2.24) is 0 Å². The van der Waals surface area contributed by atoms with Crippen molar-refractivity contribution in [1.29, 1.82) is 0 Å². The molecule has 1 spiro atoms. The van der Waals surface area contributed by atoms with Gasteiger partial charge < -0.3 is 9.47 Å². The molecule has 5 heteroatoms. The molecule has 1 aliphatic heterocycles. The molecule has 0 bridgehead atoms. The van der Waals surface area contributed by atoms with Gasteiger partial charge in [-0.05, 0) is 75.2 Å². The van der Waals surface area contributed by atoms with Crippen LogP contribution in [0.4, 0.5) is 0 Å². The number of rotatable bonds is 4. The number of halogens is 3. The Morgan fingerprint density at radius 2 is 1.81 bits per heavy atom. The van der Waals surface area contributed by atoms with Crippen molar-refractivity contribution >= 4 is 47.8 Å². The topological polar surface area (TPSA) is 18.5 Å². The second-order valence-electron chi connectivity index (χ2n) is 6.00. The van der Waals surface area contributed by atoms with Gasteiger partial charge in [-0.1, -0.05) is 28.8 Å². The van der Waals surface area contributed by atoms with E-state index in [-0.39, 0.29) is 11.7 Å². The Bertz CT molecular complexity index is 489. The van der Waals surface area contributed by atoms with Crippen LogP contribution >= 0.6 is 47.8 Å². The third-order valence-corrected chi connectivity index (χ3v) is 6.30. The van der Waals surface area contributed by atoms with Crippen molar-refractivity contribution < 1.29 is 9.47 Å². The Hall–Kier alpha value is 0.420. The van der Waals surface area contributed by atoms with Gasteiger partial charge >= 0.3 is 0 Å². The Labute approximate surface area is 151 Å². The van der Waals surface area contributed by atoms with Crippen LogP contribution in [0.1, 0.15) is 44.1 Å². The predicted octanol–water partition coefficient (Wildman–Crippen LogP) is 5.98. The maximum atomic E-state index is 6.29. The minimum atomic E-state index is 0.183. The molecule has 0 N–H and O–H groups in total. The minimum absolute atomic E-state index is 0.183. The Morgan fingerprint density at radius 1 is 1.14 bits per heavy atom. The largest absolute Gasteiger partial charge is 0.489 e. The smallest absolute Gasteiger partial charge is 0.147 e. The maximum absolute atomic E-state index is 6.29. The normalized spacial score (nSPS) is 23.9. The summed E-state index contributed by atoms with van der Waals surface area (Å²) in [6.07, 6.45) is 7.66. The molecule has 1 heterocycles. The maximum Gasteiger partial charge on any atom is 0.147 e. The third kappa shape index (κ3) is 3.67. The molecule has 2 nitrogen and oxygen atoms in total. The highest BCUT2D eigenvalue weighted by Crippen LogP contribution is 2.43. The third-order valence-electron chi connectivity index (χ3n) is 4.48. The molecule has 1 saturated carbocycles. The molecular formula is C16H19Br3O2. The highest BCUT2D eigenvalue weighted by molar-refractivity contribution is 9.11.